The molecule has 2 aromatic heterocycles. The summed E-state index contributed by atoms with van der Waals surface area (Å²) in [6.07, 6.45) is 8.14. The van der Waals surface area contributed by atoms with E-state index in [1.54, 1.807) is 61.7 Å². The Morgan fingerprint density at radius 2 is 1.19 bits per heavy atom. The van der Waals surface area contributed by atoms with Crippen LogP contribution in [0.2, 0.25) is 0 Å². The van der Waals surface area contributed by atoms with Crippen molar-refractivity contribution in [3.63, 3.8) is 0 Å². The van der Waals surface area contributed by atoms with Gasteiger partial charge in [0.15, 0.2) is 0 Å². The first-order chi connectivity index (χ1) is 25.6. The first kappa shape index (κ1) is 37.3. The van der Waals surface area contributed by atoms with Crippen LogP contribution in [0.5, 0.6) is 0 Å². The first-order valence-corrected chi connectivity index (χ1v) is 18.0. The Bertz CT molecular complexity index is 1800. The minimum absolute atomic E-state index is 0.0662. The molecule has 1 aromatic carbocycles. The van der Waals surface area contributed by atoms with E-state index in [4.69, 9.17) is 0 Å². The van der Waals surface area contributed by atoms with Gasteiger partial charge in [-0.3, -0.25) is 19.9 Å². The zero-order chi connectivity index (χ0) is 37.5. The van der Waals surface area contributed by atoms with Gasteiger partial charge in [-0.05, 0) is 63.9 Å². The zero-order valence-electron chi connectivity index (χ0n) is 30.2. The van der Waals surface area contributed by atoms with Gasteiger partial charge in [0.05, 0.1) is 21.5 Å². The number of nitro benzene ring substituents is 1. The number of benzene rings is 1. The summed E-state index contributed by atoms with van der Waals surface area (Å²) in [5.41, 5.74) is -0.835. The van der Waals surface area contributed by atoms with E-state index in [1.807, 2.05) is 0 Å². The maximum Gasteiger partial charge on any atom is 0.334 e. The quantitative estimate of drug-likeness (QED) is 0.182. The summed E-state index contributed by atoms with van der Waals surface area (Å²) in [6.45, 7) is 11.3. The van der Waals surface area contributed by atoms with Gasteiger partial charge in [0, 0.05) is 107 Å². The van der Waals surface area contributed by atoms with E-state index < -0.39 is 22.3 Å². The molecule has 53 heavy (non-hydrogen) atoms. The fourth-order valence-electron chi connectivity index (χ4n) is 8.11. The van der Waals surface area contributed by atoms with E-state index in [2.05, 4.69) is 39.5 Å². The number of non-ortho nitro benzene ring substituents is 1. The second kappa shape index (κ2) is 16.5. The highest BCUT2D eigenvalue weighted by Gasteiger charge is 2.52. The number of hydrogen-bond donors (Lipinski definition) is 2. The summed E-state index contributed by atoms with van der Waals surface area (Å²) in [7, 11) is 0. The van der Waals surface area contributed by atoms with Crippen LogP contribution < -0.4 is 9.80 Å². The van der Waals surface area contributed by atoms with E-state index in [0.29, 0.717) is 62.3 Å². The van der Waals surface area contributed by atoms with Crippen LogP contribution in [0, 0.1) is 10.1 Å². The summed E-state index contributed by atoms with van der Waals surface area (Å²) in [4.78, 5) is 66.3. The maximum atomic E-state index is 13.4. The van der Waals surface area contributed by atoms with Gasteiger partial charge in [-0.15, -0.1) is 0 Å². The predicted octanol–water partition coefficient (Wildman–Crippen LogP) is 3.26. The van der Waals surface area contributed by atoms with Crippen LogP contribution >= 0.6 is 0 Å². The molecule has 16 nitrogen and oxygen atoms in total. The van der Waals surface area contributed by atoms with E-state index in [0.717, 1.165) is 45.8 Å². The van der Waals surface area contributed by atoms with Crippen molar-refractivity contribution in [1.29, 1.82) is 0 Å². The van der Waals surface area contributed by atoms with Crippen LogP contribution in [0.15, 0.2) is 83.7 Å². The number of allylic oxidation sites excluding steroid dienone is 2. The highest BCUT2D eigenvalue weighted by molar-refractivity contribution is 6.00. The Kier molecular flexibility index (Phi) is 11.6. The van der Waals surface area contributed by atoms with Gasteiger partial charge in [-0.1, -0.05) is 12.1 Å². The number of anilines is 2. The summed E-state index contributed by atoms with van der Waals surface area (Å²) < 4.78 is 0. The number of aliphatic carboxylic acids is 2. The fraction of sp³-hybridized carbons (Fsp3) is 0.459. The number of carboxylic acid groups (broad SMARTS) is 2. The molecule has 16 heteroatoms. The monoisotopic (exact) mass is 726 g/mol. The highest BCUT2D eigenvalue weighted by Crippen LogP contribution is 2.51. The van der Waals surface area contributed by atoms with E-state index in [9.17, 15) is 29.9 Å². The van der Waals surface area contributed by atoms with E-state index in [1.165, 1.54) is 18.2 Å². The molecule has 3 aliphatic rings. The van der Waals surface area contributed by atoms with Crippen molar-refractivity contribution in [3.8, 4) is 0 Å². The van der Waals surface area contributed by atoms with Crippen molar-refractivity contribution < 1.29 is 24.7 Å². The topological polar surface area (TPSA) is 186 Å². The molecule has 0 amide bonds. The third-order valence-corrected chi connectivity index (χ3v) is 10.7. The molecule has 0 radical (unpaired) electrons. The molecule has 5 heterocycles. The number of hydrogen-bond acceptors (Lipinski definition) is 13. The number of nitrogens with zero attached hydrogens (tertiary/aromatic N) is 10. The van der Waals surface area contributed by atoms with Gasteiger partial charge < -0.3 is 24.9 Å². The maximum absolute atomic E-state index is 13.4. The molecule has 0 bridgehead atoms. The third-order valence-electron chi connectivity index (χ3n) is 10.7. The van der Waals surface area contributed by atoms with Gasteiger partial charge in [0.2, 0.25) is 11.9 Å². The largest absolute Gasteiger partial charge is 0.478 e. The van der Waals surface area contributed by atoms with Crippen molar-refractivity contribution in [2.45, 2.75) is 38.5 Å². The fourth-order valence-corrected chi connectivity index (χ4v) is 8.11. The minimum Gasteiger partial charge on any atom is -0.478 e. The summed E-state index contributed by atoms with van der Waals surface area (Å²) in [5, 5.41) is 33.8. The lowest BCUT2D eigenvalue weighted by Crippen LogP contribution is -2.49. The second-order valence-corrected chi connectivity index (χ2v) is 13.6. The van der Waals surface area contributed by atoms with Gasteiger partial charge in [-0.2, -0.15) is 0 Å². The smallest absolute Gasteiger partial charge is 0.334 e. The van der Waals surface area contributed by atoms with Crippen molar-refractivity contribution in [1.82, 2.24) is 34.6 Å². The molecule has 3 aliphatic heterocycles. The second-order valence-electron chi connectivity index (χ2n) is 13.6. The molecule has 0 aliphatic carbocycles. The van der Waals surface area contributed by atoms with Crippen molar-refractivity contribution in [2.24, 2.45) is 0 Å². The van der Waals surface area contributed by atoms with Crippen LogP contribution in [0.4, 0.5) is 17.6 Å². The Balaban J connectivity index is 1.23. The Morgan fingerprint density at radius 1 is 0.717 bits per heavy atom. The van der Waals surface area contributed by atoms with Crippen LogP contribution in [0.1, 0.15) is 38.7 Å². The average molecular weight is 727 g/mol. The average Bonchev–Trinajstić information content (AvgIpc) is 3.17. The van der Waals surface area contributed by atoms with E-state index >= 15 is 0 Å². The molecule has 6 rings (SSSR count). The standard InChI is InChI=1S/C37H46N10O6/c1-27-31(33(48)49)37(29-8-3-9-30(26-29)47(52)53,10-4-15-42-18-22-44(23-19-42)35-38-11-5-12-39-35)32(34(50)51)28(2)46(27)17-7-16-43-20-24-45(25-21-43)36-40-13-6-14-41-36/h3,5-6,8-9,11-14,26H,4,7,10,15-25H2,1-2H3,(H,48,49)(H,50,51). The molecule has 3 aromatic rings. The molecule has 0 unspecified atom stereocenters. The van der Waals surface area contributed by atoms with Gasteiger partial charge in [0.25, 0.3) is 5.69 Å². The van der Waals surface area contributed by atoms with Gasteiger partial charge in [0.1, 0.15) is 0 Å². The molecule has 0 atom stereocenters. The lowest BCUT2D eigenvalue weighted by molar-refractivity contribution is -0.385. The molecular weight excluding hydrogens is 680 g/mol. The van der Waals surface area contributed by atoms with Crippen molar-refractivity contribution in [3.05, 3.63) is 99.4 Å². The molecule has 2 N–H and O–H groups in total. The first-order valence-electron chi connectivity index (χ1n) is 18.0. The highest BCUT2D eigenvalue weighted by atomic mass is 16.6. The normalized spacial score (nSPS) is 18.4. The lowest BCUT2D eigenvalue weighted by atomic mass is 9.63. The molecular formula is C37H46N10O6. The van der Waals surface area contributed by atoms with Crippen molar-refractivity contribution in [2.75, 3.05) is 81.8 Å². The van der Waals surface area contributed by atoms with Crippen LogP contribution in [-0.4, -0.2) is 134 Å². The Hall–Kier alpha value is -5.48. The molecule has 280 valence electrons. The predicted molar refractivity (Wildman–Crippen MR) is 197 cm³/mol. The molecule has 0 spiro atoms. The number of nitro groups is 1. The number of aromatic nitrogens is 4. The Morgan fingerprint density at radius 3 is 1.64 bits per heavy atom. The number of piperazine rings is 2. The summed E-state index contributed by atoms with van der Waals surface area (Å²) in [6, 6.07) is 9.35. The third kappa shape index (κ3) is 7.98. The van der Waals surface area contributed by atoms with Crippen molar-refractivity contribution >= 4 is 29.5 Å². The number of rotatable bonds is 14. The van der Waals surface area contributed by atoms with Crippen LogP contribution in [0.3, 0.4) is 0 Å². The zero-order valence-corrected chi connectivity index (χ0v) is 30.2. The van der Waals surface area contributed by atoms with Crippen LogP contribution in [-0.2, 0) is 15.0 Å². The summed E-state index contributed by atoms with van der Waals surface area (Å²) in [5.74, 6) is -1.12. The Labute approximate surface area is 308 Å². The van der Waals surface area contributed by atoms with Gasteiger partial charge in [-0.25, -0.2) is 29.5 Å². The van der Waals surface area contributed by atoms with Gasteiger partial charge >= 0.3 is 11.9 Å². The molecule has 2 fully saturated rings. The number of carbonyl (C=O) groups is 2. The van der Waals surface area contributed by atoms with Crippen LogP contribution in [0.25, 0.3) is 0 Å². The molecule has 0 saturated carbocycles. The molecule has 2 saturated heterocycles. The minimum atomic E-state index is -1.64. The van der Waals surface area contributed by atoms with E-state index in [-0.39, 0.29) is 28.8 Å². The SMILES string of the molecule is CC1=C(C(=O)O)C(CCCN2CCN(c3ncccn3)CC2)(c2cccc([N+](=O)[O-])c2)C(C(=O)O)=C(C)N1CCCN1CCN(c2ncccn2)CC1. The number of carboxylic acids is 2. The summed E-state index contributed by atoms with van der Waals surface area (Å²) >= 11 is 0. The lowest BCUT2D eigenvalue weighted by Gasteiger charge is -2.45.